The van der Waals surface area contributed by atoms with E-state index in [0.717, 1.165) is 49.4 Å². The summed E-state index contributed by atoms with van der Waals surface area (Å²) in [5, 5.41) is 20.6. The standard InChI is InChI=1S/C18H30N6S2.HI/c1-5-19-17(21-11-15-8-10-26-13-15)20-9-6-7-16-22-23-18(25-4)24(16)12-14(2)3;/h8,10,13-14H,5-7,9,11-12H2,1-4H3,(H2,19,20,21);1H. The van der Waals surface area contributed by atoms with Crippen molar-refractivity contribution in [3.63, 3.8) is 0 Å². The number of hydrogen-bond donors (Lipinski definition) is 2. The summed E-state index contributed by atoms with van der Waals surface area (Å²) in [5.41, 5.74) is 1.25. The van der Waals surface area contributed by atoms with Crippen LogP contribution in [0.15, 0.2) is 27.0 Å². The van der Waals surface area contributed by atoms with Crippen molar-refractivity contribution >= 4 is 53.0 Å². The van der Waals surface area contributed by atoms with Crippen molar-refractivity contribution in [2.75, 3.05) is 19.3 Å². The van der Waals surface area contributed by atoms with E-state index in [1.54, 1.807) is 23.1 Å². The molecule has 2 N–H and O–H groups in total. The number of thioether (sulfide) groups is 1. The molecule has 0 aliphatic carbocycles. The second-order valence-corrected chi connectivity index (χ2v) is 8.02. The van der Waals surface area contributed by atoms with Crippen LogP contribution in [-0.4, -0.2) is 40.1 Å². The van der Waals surface area contributed by atoms with Gasteiger partial charge in [0.25, 0.3) is 0 Å². The Bertz CT molecular complexity index is 669. The summed E-state index contributed by atoms with van der Waals surface area (Å²) in [5.74, 6) is 2.52. The van der Waals surface area contributed by atoms with E-state index in [0.29, 0.717) is 12.5 Å². The van der Waals surface area contributed by atoms with E-state index in [2.05, 4.69) is 74.2 Å². The minimum absolute atomic E-state index is 0. The van der Waals surface area contributed by atoms with Crippen molar-refractivity contribution in [2.45, 2.75) is 51.9 Å². The minimum Gasteiger partial charge on any atom is -0.357 e. The summed E-state index contributed by atoms with van der Waals surface area (Å²) < 4.78 is 2.26. The lowest BCUT2D eigenvalue weighted by Crippen LogP contribution is -2.37. The van der Waals surface area contributed by atoms with Gasteiger partial charge in [-0.15, -0.1) is 34.2 Å². The average molecular weight is 523 g/mol. The molecule has 0 atom stereocenters. The molecule has 2 aromatic rings. The molecule has 6 nitrogen and oxygen atoms in total. The van der Waals surface area contributed by atoms with Crippen LogP contribution in [0.2, 0.25) is 0 Å². The molecule has 0 bridgehead atoms. The van der Waals surface area contributed by atoms with Crippen LogP contribution < -0.4 is 10.6 Å². The van der Waals surface area contributed by atoms with Gasteiger partial charge >= 0.3 is 0 Å². The Hall–Kier alpha value is -0.810. The number of guanidine groups is 1. The fourth-order valence-electron chi connectivity index (χ4n) is 2.55. The van der Waals surface area contributed by atoms with Crippen LogP contribution in [0.4, 0.5) is 0 Å². The van der Waals surface area contributed by atoms with Crippen molar-refractivity contribution in [3.8, 4) is 0 Å². The molecule has 152 valence electrons. The molecule has 0 aliphatic rings. The molecule has 2 rings (SSSR count). The first-order chi connectivity index (χ1) is 12.6. The molecule has 0 amide bonds. The monoisotopic (exact) mass is 522 g/mol. The van der Waals surface area contributed by atoms with Crippen LogP contribution in [0.5, 0.6) is 0 Å². The third-order valence-corrected chi connectivity index (χ3v) is 5.14. The minimum atomic E-state index is 0. The Labute approximate surface area is 188 Å². The smallest absolute Gasteiger partial charge is 0.191 e. The molecule has 0 saturated carbocycles. The average Bonchev–Trinajstić information content (AvgIpc) is 3.26. The van der Waals surface area contributed by atoms with Gasteiger partial charge in [-0.1, -0.05) is 25.6 Å². The van der Waals surface area contributed by atoms with Gasteiger partial charge in [0, 0.05) is 26.1 Å². The van der Waals surface area contributed by atoms with Crippen LogP contribution in [0, 0.1) is 5.92 Å². The van der Waals surface area contributed by atoms with Gasteiger partial charge in [-0.05, 0) is 47.9 Å². The van der Waals surface area contributed by atoms with Crippen molar-refractivity contribution in [1.82, 2.24) is 25.4 Å². The Morgan fingerprint density at radius 2 is 2.15 bits per heavy atom. The van der Waals surface area contributed by atoms with Crippen LogP contribution >= 0.6 is 47.1 Å². The van der Waals surface area contributed by atoms with E-state index < -0.39 is 0 Å². The number of aliphatic imine (C=N–C) groups is 1. The molecule has 2 heterocycles. The summed E-state index contributed by atoms with van der Waals surface area (Å²) in [7, 11) is 0. The number of nitrogens with one attached hydrogen (secondary N) is 2. The first-order valence-corrected chi connectivity index (χ1v) is 11.3. The zero-order valence-electron chi connectivity index (χ0n) is 16.6. The lowest BCUT2D eigenvalue weighted by atomic mass is 10.2. The van der Waals surface area contributed by atoms with Gasteiger partial charge in [0.15, 0.2) is 11.1 Å². The van der Waals surface area contributed by atoms with Gasteiger partial charge in [-0.3, -0.25) is 0 Å². The van der Waals surface area contributed by atoms with Crippen molar-refractivity contribution in [2.24, 2.45) is 10.9 Å². The topological polar surface area (TPSA) is 67.1 Å². The van der Waals surface area contributed by atoms with Crippen molar-refractivity contribution in [3.05, 3.63) is 28.2 Å². The molecule has 0 unspecified atom stereocenters. The molecule has 9 heteroatoms. The SMILES string of the molecule is CCNC(=NCc1ccsc1)NCCCc1nnc(SC)n1CC(C)C.I. The first-order valence-electron chi connectivity index (χ1n) is 9.13. The van der Waals surface area contributed by atoms with Crippen molar-refractivity contribution < 1.29 is 0 Å². The number of aromatic nitrogens is 3. The highest BCUT2D eigenvalue weighted by atomic mass is 127. The summed E-state index contributed by atoms with van der Waals surface area (Å²) in [4.78, 5) is 4.64. The van der Waals surface area contributed by atoms with Crippen LogP contribution in [-0.2, 0) is 19.5 Å². The number of thiophene rings is 1. The molecule has 27 heavy (non-hydrogen) atoms. The molecule has 0 aromatic carbocycles. The Balaban J connectivity index is 0.00000364. The van der Waals surface area contributed by atoms with Gasteiger partial charge < -0.3 is 15.2 Å². The Morgan fingerprint density at radius 1 is 1.33 bits per heavy atom. The predicted molar refractivity (Wildman–Crippen MR) is 128 cm³/mol. The molecule has 0 aliphatic heterocycles. The van der Waals surface area contributed by atoms with Gasteiger partial charge in [0.05, 0.1) is 6.54 Å². The summed E-state index contributed by atoms with van der Waals surface area (Å²) >= 11 is 3.37. The normalized spacial score (nSPS) is 11.5. The summed E-state index contributed by atoms with van der Waals surface area (Å²) in [6, 6.07) is 2.11. The molecule has 2 aromatic heterocycles. The van der Waals surface area contributed by atoms with Gasteiger partial charge in [-0.25, -0.2) is 4.99 Å². The van der Waals surface area contributed by atoms with Crippen LogP contribution in [0.25, 0.3) is 0 Å². The fraction of sp³-hybridized carbons (Fsp3) is 0.611. The highest BCUT2D eigenvalue weighted by molar-refractivity contribution is 14.0. The van der Waals surface area contributed by atoms with Gasteiger partial charge in [-0.2, -0.15) is 11.3 Å². The first kappa shape index (κ1) is 24.2. The van der Waals surface area contributed by atoms with E-state index in [1.807, 2.05) is 0 Å². The number of hydrogen-bond acceptors (Lipinski definition) is 5. The molecular formula is C18H31IN6S2. The maximum absolute atomic E-state index is 4.64. The quantitative estimate of drug-likeness (QED) is 0.162. The third kappa shape index (κ3) is 8.39. The van der Waals surface area contributed by atoms with E-state index in [-0.39, 0.29) is 24.0 Å². The lowest BCUT2D eigenvalue weighted by Gasteiger charge is -2.13. The highest BCUT2D eigenvalue weighted by Gasteiger charge is 2.12. The van der Waals surface area contributed by atoms with Crippen molar-refractivity contribution in [1.29, 1.82) is 0 Å². The van der Waals surface area contributed by atoms with Crippen LogP contribution in [0.1, 0.15) is 38.6 Å². The Kier molecular flexibility index (Phi) is 12.0. The van der Waals surface area contributed by atoms with Gasteiger partial charge in [0.2, 0.25) is 0 Å². The predicted octanol–water partition coefficient (Wildman–Crippen LogP) is 4.02. The third-order valence-electron chi connectivity index (χ3n) is 3.74. The Morgan fingerprint density at radius 3 is 2.78 bits per heavy atom. The maximum atomic E-state index is 4.64. The number of halogens is 1. The van der Waals surface area contributed by atoms with E-state index in [9.17, 15) is 0 Å². The molecular weight excluding hydrogens is 491 g/mol. The lowest BCUT2D eigenvalue weighted by molar-refractivity contribution is 0.477. The number of nitrogens with zero attached hydrogens (tertiary/aromatic N) is 4. The molecule has 0 fully saturated rings. The zero-order valence-corrected chi connectivity index (χ0v) is 20.5. The molecule has 0 spiro atoms. The maximum Gasteiger partial charge on any atom is 0.191 e. The van der Waals surface area contributed by atoms with E-state index in [4.69, 9.17) is 0 Å². The largest absolute Gasteiger partial charge is 0.357 e. The van der Waals surface area contributed by atoms with Gasteiger partial charge in [0.1, 0.15) is 5.82 Å². The highest BCUT2D eigenvalue weighted by Crippen LogP contribution is 2.16. The number of aryl methyl sites for hydroxylation is 1. The second-order valence-electron chi connectivity index (χ2n) is 6.46. The van der Waals surface area contributed by atoms with E-state index in [1.165, 1.54) is 5.56 Å². The molecule has 0 radical (unpaired) electrons. The number of rotatable bonds is 10. The summed E-state index contributed by atoms with van der Waals surface area (Å²) in [6.45, 7) is 9.92. The van der Waals surface area contributed by atoms with E-state index >= 15 is 0 Å². The summed E-state index contributed by atoms with van der Waals surface area (Å²) in [6.07, 6.45) is 3.96. The zero-order chi connectivity index (χ0) is 18.8. The van der Waals surface area contributed by atoms with Crippen LogP contribution in [0.3, 0.4) is 0 Å². The second kappa shape index (κ2) is 13.4. The molecule has 0 saturated heterocycles. The fourth-order valence-corrected chi connectivity index (χ4v) is 3.73.